The van der Waals surface area contributed by atoms with Gasteiger partial charge in [0.15, 0.2) is 5.65 Å². The molecule has 1 aliphatic heterocycles. The molecule has 168 valence electrons. The van der Waals surface area contributed by atoms with Crippen molar-refractivity contribution in [1.82, 2.24) is 19.4 Å². The molecule has 4 rings (SSSR count). The van der Waals surface area contributed by atoms with Crippen LogP contribution < -0.4 is 10.6 Å². The van der Waals surface area contributed by atoms with Crippen LogP contribution in [-0.4, -0.2) is 56.3 Å². The second-order valence-corrected chi connectivity index (χ2v) is 8.86. The van der Waals surface area contributed by atoms with E-state index in [2.05, 4.69) is 23.8 Å². The van der Waals surface area contributed by atoms with Crippen LogP contribution >= 0.6 is 11.6 Å². The van der Waals surface area contributed by atoms with E-state index in [0.29, 0.717) is 41.6 Å². The molecule has 0 saturated carbocycles. The SMILES string of the molecule is Cc1cc2c(N3CCN(C(=O)O)C[C@@H]3C)nc(=O)n(-c3ccccc3C(C)C)c2nc1Cl. The van der Waals surface area contributed by atoms with Gasteiger partial charge in [0.05, 0.1) is 11.1 Å². The zero-order valence-corrected chi connectivity index (χ0v) is 19.3. The van der Waals surface area contributed by atoms with Crippen LogP contribution in [0.3, 0.4) is 0 Å². The maximum absolute atomic E-state index is 13.4. The lowest BCUT2D eigenvalue weighted by Crippen LogP contribution is -2.54. The molecule has 8 nitrogen and oxygen atoms in total. The number of benzene rings is 1. The number of hydrogen-bond acceptors (Lipinski definition) is 5. The third-order valence-electron chi connectivity index (χ3n) is 5.95. The zero-order valence-electron chi connectivity index (χ0n) is 18.5. The van der Waals surface area contributed by atoms with Gasteiger partial charge in [0, 0.05) is 25.7 Å². The molecule has 3 aromatic rings. The molecule has 1 amide bonds. The first-order valence-electron chi connectivity index (χ1n) is 10.6. The van der Waals surface area contributed by atoms with Crippen molar-refractivity contribution in [1.29, 1.82) is 0 Å². The second-order valence-electron chi connectivity index (χ2n) is 8.51. The van der Waals surface area contributed by atoms with Crippen molar-refractivity contribution in [3.63, 3.8) is 0 Å². The van der Waals surface area contributed by atoms with E-state index in [1.807, 2.05) is 49.1 Å². The Morgan fingerprint density at radius 1 is 1.22 bits per heavy atom. The quantitative estimate of drug-likeness (QED) is 0.599. The Bertz CT molecular complexity index is 1260. The molecule has 1 atom stereocenters. The van der Waals surface area contributed by atoms with Gasteiger partial charge < -0.3 is 14.9 Å². The molecule has 2 aromatic heterocycles. The topological polar surface area (TPSA) is 91.6 Å². The normalized spacial score (nSPS) is 16.8. The van der Waals surface area contributed by atoms with Gasteiger partial charge in [-0.25, -0.2) is 19.1 Å². The van der Waals surface area contributed by atoms with E-state index in [4.69, 9.17) is 11.6 Å². The molecule has 0 spiro atoms. The van der Waals surface area contributed by atoms with Crippen LogP contribution in [0.25, 0.3) is 16.7 Å². The third-order valence-corrected chi connectivity index (χ3v) is 6.33. The van der Waals surface area contributed by atoms with Crippen LogP contribution in [0.5, 0.6) is 0 Å². The fourth-order valence-electron chi connectivity index (χ4n) is 4.27. The molecule has 1 N–H and O–H groups in total. The van der Waals surface area contributed by atoms with Gasteiger partial charge in [-0.1, -0.05) is 43.6 Å². The maximum Gasteiger partial charge on any atom is 0.407 e. The fraction of sp³-hybridized carbons (Fsp3) is 0.391. The number of halogens is 1. The van der Waals surface area contributed by atoms with Crippen LogP contribution in [0.1, 0.15) is 37.8 Å². The molecule has 1 aliphatic rings. The van der Waals surface area contributed by atoms with Gasteiger partial charge in [-0.3, -0.25) is 0 Å². The Morgan fingerprint density at radius 2 is 1.94 bits per heavy atom. The molecule has 1 fully saturated rings. The fourth-order valence-corrected chi connectivity index (χ4v) is 4.40. The van der Waals surface area contributed by atoms with Gasteiger partial charge in [0.2, 0.25) is 0 Å². The predicted molar refractivity (Wildman–Crippen MR) is 125 cm³/mol. The Hall–Kier alpha value is -3.13. The first-order valence-corrected chi connectivity index (χ1v) is 11.0. The standard InChI is InChI=1S/C23H26ClN5O3/c1-13(2)16-7-5-6-8-18(16)29-21-17(11-14(3)19(24)25-21)20(26-22(29)30)28-10-9-27(23(31)32)12-15(28)4/h5-8,11,13,15H,9-10,12H2,1-4H3,(H,31,32)/t15-/m0/s1. The average molecular weight is 456 g/mol. The van der Waals surface area contributed by atoms with Gasteiger partial charge in [-0.2, -0.15) is 4.98 Å². The third kappa shape index (κ3) is 3.79. The van der Waals surface area contributed by atoms with Gasteiger partial charge in [0.1, 0.15) is 11.0 Å². The highest BCUT2D eigenvalue weighted by atomic mass is 35.5. The molecule has 0 unspecified atom stereocenters. The lowest BCUT2D eigenvalue weighted by atomic mass is 10.0. The van der Waals surface area contributed by atoms with E-state index >= 15 is 0 Å². The van der Waals surface area contributed by atoms with E-state index in [0.717, 1.165) is 16.8 Å². The highest BCUT2D eigenvalue weighted by Crippen LogP contribution is 2.31. The number of nitrogens with zero attached hydrogens (tertiary/aromatic N) is 5. The van der Waals surface area contributed by atoms with Crippen molar-refractivity contribution in [2.45, 2.75) is 39.7 Å². The van der Waals surface area contributed by atoms with Crippen LogP contribution in [0, 0.1) is 6.92 Å². The molecule has 0 bridgehead atoms. The van der Waals surface area contributed by atoms with Crippen molar-refractivity contribution in [2.75, 3.05) is 24.5 Å². The molecule has 3 heterocycles. The number of aromatic nitrogens is 3. The largest absolute Gasteiger partial charge is 0.465 e. The minimum atomic E-state index is -0.945. The number of amides is 1. The molecule has 0 radical (unpaired) electrons. The van der Waals surface area contributed by atoms with E-state index in [-0.39, 0.29) is 12.0 Å². The molecule has 0 aliphatic carbocycles. The Balaban J connectivity index is 1.96. The summed E-state index contributed by atoms with van der Waals surface area (Å²) in [7, 11) is 0. The summed E-state index contributed by atoms with van der Waals surface area (Å²) < 4.78 is 1.53. The number of fused-ring (bicyclic) bond motifs is 1. The van der Waals surface area contributed by atoms with E-state index < -0.39 is 11.8 Å². The first kappa shape index (κ1) is 22.1. The van der Waals surface area contributed by atoms with Crippen LogP contribution in [-0.2, 0) is 0 Å². The van der Waals surface area contributed by atoms with E-state index in [1.165, 1.54) is 9.47 Å². The van der Waals surface area contributed by atoms with Gasteiger partial charge in [-0.15, -0.1) is 0 Å². The van der Waals surface area contributed by atoms with Gasteiger partial charge in [-0.05, 0) is 43.0 Å². The number of piperazine rings is 1. The number of para-hydroxylation sites is 1. The van der Waals surface area contributed by atoms with Crippen molar-refractivity contribution in [3.05, 3.63) is 57.1 Å². The van der Waals surface area contributed by atoms with Crippen LogP contribution in [0.4, 0.5) is 10.6 Å². The van der Waals surface area contributed by atoms with Gasteiger partial charge in [0.25, 0.3) is 0 Å². The predicted octanol–water partition coefficient (Wildman–Crippen LogP) is 4.05. The number of rotatable bonds is 3. The monoisotopic (exact) mass is 455 g/mol. The lowest BCUT2D eigenvalue weighted by Gasteiger charge is -2.39. The molecule has 1 aromatic carbocycles. The first-order chi connectivity index (χ1) is 15.2. The van der Waals surface area contributed by atoms with E-state index in [1.54, 1.807) is 0 Å². The number of carboxylic acid groups (broad SMARTS) is 1. The zero-order chi connectivity index (χ0) is 23.2. The van der Waals surface area contributed by atoms with Crippen molar-refractivity contribution in [2.24, 2.45) is 0 Å². The summed E-state index contributed by atoms with van der Waals surface area (Å²) in [5.41, 5.74) is 2.51. The van der Waals surface area contributed by atoms with Crippen LogP contribution in [0.2, 0.25) is 5.15 Å². The molecular weight excluding hydrogens is 430 g/mol. The number of aryl methyl sites for hydroxylation is 1. The summed E-state index contributed by atoms with van der Waals surface area (Å²) in [5, 5.41) is 10.4. The van der Waals surface area contributed by atoms with Crippen LogP contribution in [0.15, 0.2) is 35.1 Å². The summed E-state index contributed by atoms with van der Waals surface area (Å²) >= 11 is 6.39. The van der Waals surface area contributed by atoms with Crippen molar-refractivity contribution in [3.8, 4) is 5.69 Å². The summed E-state index contributed by atoms with van der Waals surface area (Å²) in [6.07, 6.45) is -0.945. The molecule has 32 heavy (non-hydrogen) atoms. The minimum Gasteiger partial charge on any atom is -0.465 e. The smallest absolute Gasteiger partial charge is 0.407 e. The number of hydrogen-bond donors (Lipinski definition) is 1. The summed E-state index contributed by atoms with van der Waals surface area (Å²) in [6, 6.07) is 9.47. The van der Waals surface area contributed by atoms with E-state index in [9.17, 15) is 14.7 Å². The minimum absolute atomic E-state index is 0.148. The Labute approximate surface area is 191 Å². The highest BCUT2D eigenvalue weighted by molar-refractivity contribution is 6.30. The highest BCUT2D eigenvalue weighted by Gasteiger charge is 2.30. The maximum atomic E-state index is 13.4. The number of anilines is 1. The number of pyridine rings is 1. The number of carbonyl (C=O) groups is 1. The van der Waals surface area contributed by atoms with Crippen molar-refractivity contribution >= 4 is 34.5 Å². The average Bonchev–Trinajstić information content (AvgIpc) is 2.74. The van der Waals surface area contributed by atoms with Crippen molar-refractivity contribution < 1.29 is 9.90 Å². The lowest BCUT2D eigenvalue weighted by molar-refractivity contribution is 0.136. The Morgan fingerprint density at radius 3 is 2.59 bits per heavy atom. The summed E-state index contributed by atoms with van der Waals surface area (Å²) in [4.78, 5) is 37.2. The Kier molecular flexibility index (Phi) is 5.81. The molecule has 1 saturated heterocycles. The summed E-state index contributed by atoms with van der Waals surface area (Å²) in [5.74, 6) is 0.700. The molecule has 9 heteroatoms. The molecular formula is C23H26ClN5O3. The second kappa shape index (κ2) is 8.43. The van der Waals surface area contributed by atoms with Gasteiger partial charge >= 0.3 is 11.8 Å². The summed E-state index contributed by atoms with van der Waals surface area (Å²) in [6.45, 7) is 9.04.